The standard InChI is InChI=1S/C15H30N2O3/c1-3-10-17(11-4-2)12-7-8-14(18)16-20-15-9-5-6-13-19-15/h15H,3-13H2,1-2H3,(H,16,18). The highest BCUT2D eigenvalue weighted by Crippen LogP contribution is 2.12. The predicted octanol–water partition coefficient (Wildman–Crippen LogP) is 2.46. The van der Waals surface area contributed by atoms with Gasteiger partial charge in [0.1, 0.15) is 0 Å². The molecule has 20 heavy (non-hydrogen) atoms. The molecule has 0 aliphatic carbocycles. The molecule has 1 amide bonds. The summed E-state index contributed by atoms with van der Waals surface area (Å²) in [5, 5.41) is 0. The number of nitrogens with one attached hydrogen (secondary N) is 1. The van der Waals surface area contributed by atoms with Crippen molar-refractivity contribution in [3.63, 3.8) is 0 Å². The highest BCUT2D eigenvalue weighted by atomic mass is 16.8. The first-order valence-corrected chi connectivity index (χ1v) is 8.04. The predicted molar refractivity (Wildman–Crippen MR) is 79.1 cm³/mol. The lowest BCUT2D eigenvalue weighted by Gasteiger charge is -2.22. The maximum atomic E-state index is 11.7. The number of carbonyl (C=O) groups excluding carboxylic acids is 1. The third kappa shape index (κ3) is 7.82. The Morgan fingerprint density at radius 2 is 2.00 bits per heavy atom. The molecular formula is C15H30N2O3. The monoisotopic (exact) mass is 286 g/mol. The van der Waals surface area contributed by atoms with Crippen molar-refractivity contribution in [2.75, 3.05) is 26.2 Å². The molecule has 0 aromatic rings. The van der Waals surface area contributed by atoms with Crippen molar-refractivity contribution in [1.29, 1.82) is 0 Å². The molecule has 1 heterocycles. The number of hydroxylamine groups is 1. The lowest BCUT2D eigenvalue weighted by molar-refractivity contribution is -0.200. The zero-order chi connectivity index (χ0) is 14.6. The Bertz CT molecular complexity index is 250. The normalized spacial score (nSPS) is 19.2. The molecule has 1 N–H and O–H groups in total. The van der Waals surface area contributed by atoms with Crippen molar-refractivity contribution < 1.29 is 14.4 Å². The van der Waals surface area contributed by atoms with E-state index in [1.807, 2.05) is 0 Å². The van der Waals surface area contributed by atoms with Gasteiger partial charge in [-0.05, 0) is 51.7 Å². The van der Waals surface area contributed by atoms with Crippen molar-refractivity contribution in [2.45, 2.75) is 65.1 Å². The van der Waals surface area contributed by atoms with Crippen LogP contribution in [-0.4, -0.2) is 43.3 Å². The molecule has 5 nitrogen and oxygen atoms in total. The molecule has 1 saturated heterocycles. The van der Waals surface area contributed by atoms with Crippen molar-refractivity contribution in [3.8, 4) is 0 Å². The zero-order valence-corrected chi connectivity index (χ0v) is 13.0. The quantitative estimate of drug-likeness (QED) is 0.627. The second kappa shape index (κ2) is 11.1. The Balaban J connectivity index is 2.06. The fourth-order valence-electron chi connectivity index (χ4n) is 2.42. The number of hydrogen-bond acceptors (Lipinski definition) is 4. The minimum Gasteiger partial charge on any atom is -0.350 e. The van der Waals surface area contributed by atoms with Crippen molar-refractivity contribution in [2.24, 2.45) is 0 Å². The van der Waals surface area contributed by atoms with E-state index < -0.39 is 0 Å². The molecule has 0 bridgehead atoms. The molecule has 1 aliphatic heterocycles. The van der Waals surface area contributed by atoms with Crippen LogP contribution in [0.3, 0.4) is 0 Å². The Morgan fingerprint density at radius 1 is 1.25 bits per heavy atom. The molecule has 1 fully saturated rings. The van der Waals surface area contributed by atoms with Crippen LogP contribution in [-0.2, 0) is 14.4 Å². The van der Waals surface area contributed by atoms with Crippen LogP contribution in [0.2, 0.25) is 0 Å². The van der Waals surface area contributed by atoms with Gasteiger partial charge in [0.25, 0.3) is 0 Å². The minimum absolute atomic E-state index is 0.0490. The Labute approximate surface area is 122 Å². The number of amides is 1. The molecular weight excluding hydrogens is 256 g/mol. The van der Waals surface area contributed by atoms with Crippen LogP contribution in [0.25, 0.3) is 0 Å². The first kappa shape index (κ1) is 17.4. The molecule has 118 valence electrons. The van der Waals surface area contributed by atoms with Gasteiger partial charge in [-0.25, -0.2) is 10.3 Å². The number of rotatable bonds is 10. The van der Waals surface area contributed by atoms with Gasteiger partial charge in [0, 0.05) is 19.4 Å². The Morgan fingerprint density at radius 3 is 2.60 bits per heavy atom. The average Bonchev–Trinajstić information content (AvgIpc) is 2.47. The van der Waals surface area contributed by atoms with Crippen LogP contribution < -0.4 is 5.48 Å². The number of nitrogens with zero attached hydrogens (tertiary/aromatic N) is 1. The third-order valence-electron chi connectivity index (χ3n) is 3.40. The summed E-state index contributed by atoms with van der Waals surface area (Å²) in [6, 6.07) is 0. The second-order valence-electron chi connectivity index (χ2n) is 5.38. The molecule has 0 aromatic heterocycles. The van der Waals surface area contributed by atoms with E-state index in [9.17, 15) is 4.79 Å². The van der Waals surface area contributed by atoms with E-state index in [4.69, 9.17) is 9.57 Å². The maximum Gasteiger partial charge on any atom is 0.243 e. The Kier molecular flexibility index (Phi) is 9.62. The molecule has 0 saturated carbocycles. The van der Waals surface area contributed by atoms with Gasteiger partial charge in [-0.2, -0.15) is 0 Å². The van der Waals surface area contributed by atoms with Gasteiger partial charge in [0.2, 0.25) is 5.91 Å². The van der Waals surface area contributed by atoms with Crippen LogP contribution in [0.5, 0.6) is 0 Å². The van der Waals surface area contributed by atoms with E-state index in [1.54, 1.807) is 0 Å². The van der Waals surface area contributed by atoms with E-state index in [1.165, 1.54) is 0 Å². The molecule has 0 radical (unpaired) electrons. The fourth-order valence-corrected chi connectivity index (χ4v) is 2.42. The first-order valence-electron chi connectivity index (χ1n) is 8.04. The average molecular weight is 286 g/mol. The summed E-state index contributed by atoms with van der Waals surface area (Å²) < 4.78 is 5.39. The molecule has 5 heteroatoms. The van der Waals surface area contributed by atoms with Crippen molar-refractivity contribution in [3.05, 3.63) is 0 Å². The van der Waals surface area contributed by atoms with Crippen LogP contribution >= 0.6 is 0 Å². The summed E-state index contributed by atoms with van der Waals surface area (Å²) in [5.74, 6) is -0.0490. The summed E-state index contributed by atoms with van der Waals surface area (Å²) in [5.41, 5.74) is 2.51. The van der Waals surface area contributed by atoms with Crippen LogP contribution in [0.4, 0.5) is 0 Å². The molecule has 1 aliphatic rings. The lowest BCUT2D eigenvalue weighted by Crippen LogP contribution is -2.33. The van der Waals surface area contributed by atoms with Gasteiger partial charge in [-0.3, -0.25) is 4.79 Å². The van der Waals surface area contributed by atoms with E-state index in [0.717, 1.165) is 64.8 Å². The third-order valence-corrected chi connectivity index (χ3v) is 3.40. The van der Waals surface area contributed by atoms with E-state index >= 15 is 0 Å². The highest BCUT2D eigenvalue weighted by molar-refractivity contribution is 5.74. The van der Waals surface area contributed by atoms with Gasteiger partial charge in [-0.1, -0.05) is 13.8 Å². The molecule has 0 spiro atoms. The molecule has 1 rings (SSSR count). The lowest BCUT2D eigenvalue weighted by atomic mass is 10.2. The van der Waals surface area contributed by atoms with Gasteiger partial charge in [-0.15, -0.1) is 0 Å². The summed E-state index contributed by atoms with van der Waals surface area (Å²) in [7, 11) is 0. The second-order valence-corrected chi connectivity index (χ2v) is 5.38. The fraction of sp³-hybridized carbons (Fsp3) is 0.933. The van der Waals surface area contributed by atoms with Crippen LogP contribution in [0.1, 0.15) is 58.8 Å². The number of hydrogen-bond donors (Lipinski definition) is 1. The van der Waals surface area contributed by atoms with E-state index in [-0.39, 0.29) is 12.2 Å². The van der Waals surface area contributed by atoms with E-state index in [2.05, 4.69) is 24.2 Å². The van der Waals surface area contributed by atoms with Crippen LogP contribution in [0, 0.1) is 0 Å². The summed E-state index contributed by atoms with van der Waals surface area (Å²) in [6.07, 6.45) is 6.49. The summed E-state index contributed by atoms with van der Waals surface area (Å²) >= 11 is 0. The van der Waals surface area contributed by atoms with Gasteiger partial charge >= 0.3 is 0 Å². The van der Waals surface area contributed by atoms with Gasteiger partial charge in [0.05, 0.1) is 0 Å². The number of ether oxygens (including phenoxy) is 1. The van der Waals surface area contributed by atoms with E-state index in [0.29, 0.717) is 6.42 Å². The van der Waals surface area contributed by atoms with Crippen molar-refractivity contribution in [1.82, 2.24) is 10.4 Å². The number of carbonyl (C=O) groups is 1. The van der Waals surface area contributed by atoms with Gasteiger partial charge < -0.3 is 9.64 Å². The molecule has 1 unspecified atom stereocenters. The zero-order valence-electron chi connectivity index (χ0n) is 13.0. The maximum absolute atomic E-state index is 11.7. The summed E-state index contributed by atoms with van der Waals surface area (Å²) in [6.45, 7) is 8.31. The minimum atomic E-state index is -0.260. The molecule has 0 aromatic carbocycles. The highest BCUT2D eigenvalue weighted by Gasteiger charge is 2.15. The first-order chi connectivity index (χ1) is 9.76. The molecule has 1 atom stereocenters. The largest absolute Gasteiger partial charge is 0.350 e. The smallest absolute Gasteiger partial charge is 0.243 e. The van der Waals surface area contributed by atoms with Crippen LogP contribution in [0.15, 0.2) is 0 Å². The SMILES string of the molecule is CCCN(CCC)CCCC(=O)NOC1CCCCO1. The van der Waals surface area contributed by atoms with Crippen molar-refractivity contribution >= 4 is 5.91 Å². The summed E-state index contributed by atoms with van der Waals surface area (Å²) in [4.78, 5) is 19.3. The Hall–Kier alpha value is -0.650. The topological polar surface area (TPSA) is 50.8 Å². The van der Waals surface area contributed by atoms with Gasteiger partial charge in [0.15, 0.2) is 6.29 Å².